The normalized spacial score (nSPS) is 16.6. The van der Waals surface area contributed by atoms with Crippen LogP contribution in [0.3, 0.4) is 0 Å². The van der Waals surface area contributed by atoms with Gasteiger partial charge in [-0.15, -0.1) is 11.6 Å². The summed E-state index contributed by atoms with van der Waals surface area (Å²) >= 11 is 5.83. The third kappa shape index (κ3) is 5.10. The molecule has 100 valence electrons. The number of amides is 1. The highest BCUT2D eigenvalue weighted by Gasteiger charge is 2.18. The van der Waals surface area contributed by atoms with Crippen LogP contribution in [0.15, 0.2) is 11.6 Å². The van der Waals surface area contributed by atoms with E-state index in [0.29, 0.717) is 19.5 Å². The van der Waals surface area contributed by atoms with E-state index in [4.69, 9.17) is 16.9 Å². The molecule has 0 spiro atoms. The average Bonchev–Trinajstić information content (AvgIpc) is 2.39. The van der Waals surface area contributed by atoms with Crippen molar-refractivity contribution in [3.8, 4) is 6.07 Å². The zero-order valence-electron chi connectivity index (χ0n) is 11.0. The first-order valence-electron chi connectivity index (χ1n) is 6.63. The summed E-state index contributed by atoms with van der Waals surface area (Å²) < 4.78 is 0. The van der Waals surface area contributed by atoms with Crippen molar-refractivity contribution in [3.63, 3.8) is 0 Å². The van der Waals surface area contributed by atoms with Crippen molar-refractivity contribution in [2.45, 2.75) is 50.8 Å². The number of nitrogens with zero attached hydrogens (tertiary/aromatic N) is 2. The number of carbonyl (C=O) groups is 1. The van der Waals surface area contributed by atoms with Crippen LogP contribution in [0.2, 0.25) is 0 Å². The number of nitriles is 1. The maximum atomic E-state index is 11.9. The maximum Gasteiger partial charge on any atom is 0.240 e. The Morgan fingerprint density at radius 1 is 1.56 bits per heavy atom. The first-order valence-corrected chi connectivity index (χ1v) is 7.06. The van der Waals surface area contributed by atoms with Gasteiger partial charge in [0.25, 0.3) is 0 Å². The lowest BCUT2D eigenvalue weighted by molar-refractivity contribution is -0.130. The van der Waals surface area contributed by atoms with Crippen LogP contribution in [0, 0.1) is 11.3 Å². The van der Waals surface area contributed by atoms with Gasteiger partial charge >= 0.3 is 0 Å². The summed E-state index contributed by atoms with van der Waals surface area (Å²) in [4.78, 5) is 13.6. The summed E-state index contributed by atoms with van der Waals surface area (Å²) in [5.74, 6) is -0.0664. The smallest absolute Gasteiger partial charge is 0.240 e. The largest absolute Gasteiger partial charge is 0.340 e. The van der Waals surface area contributed by atoms with Crippen LogP contribution in [0.25, 0.3) is 0 Å². The number of rotatable bonds is 6. The van der Waals surface area contributed by atoms with Crippen LogP contribution in [0.5, 0.6) is 0 Å². The predicted octanol–water partition coefficient (Wildman–Crippen LogP) is 3.25. The number of allylic oxidation sites excluding steroid dienone is 1. The van der Waals surface area contributed by atoms with Gasteiger partial charge in [-0.25, -0.2) is 0 Å². The Morgan fingerprint density at radius 2 is 2.33 bits per heavy atom. The van der Waals surface area contributed by atoms with Crippen LogP contribution in [0.1, 0.15) is 45.4 Å². The van der Waals surface area contributed by atoms with E-state index >= 15 is 0 Å². The van der Waals surface area contributed by atoms with Crippen molar-refractivity contribution < 1.29 is 4.79 Å². The Morgan fingerprint density at radius 3 is 2.89 bits per heavy atom. The standard InChI is InChI=1S/C14H21ClN2O/c1-12(15)14(18)17(10-5-9-16)11-8-13-6-3-2-4-7-13/h6,12H,2-5,7-8,10-11H2,1H3. The Hall–Kier alpha value is -1.01. The zero-order valence-corrected chi connectivity index (χ0v) is 11.7. The second kappa shape index (κ2) is 8.16. The Bertz CT molecular complexity index is 344. The van der Waals surface area contributed by atoms with Gasteiger partial charge in [-0.2, -0.15) is 5.26 Å². The summed E-state index contributed by atoms with van der Waals surface area (Å²) in [5.41, 5.74) is 1.44. The fourth-order valence-corrected chi connectivity index (χ4v) is 2.32. The van der Waals surface area contributed by atoms with Crippen LogP contribution in [0.4, 0.5) is 0 Å². The monoisotopic (exact) mass is 268 g/mol. The minimum Gasteiger partial charge on any atom is -0.340 e. The van der Waals surface area contributed by atoms with Gasteiger partial charge in [0.05, 0.1) is 12.5 Å². The highest BCUT2D eigenvalue weighted by molar-refractivity contribution is 6.30. The van der Waals surface area contributed by atoms with Crippen LogP contribution in [-0.4, -0.2) is 29.3 Å². The summed E-state index contributed by atoms with van der Waals surface area (Å²) in [6.45, 7) is 2.85. The predicted molar refractivity (Wildman–Crippen MR) is 73.3 cm³/mol. The topological polar surface area (TPSA) is 44.1 Å². The highest BCUT2D eigenvalue weighted by atomic mass is 35.5. The van der Waals surface area contributed by atoms with Crippen molar-refractivity contribution in [2.75, 3.05) is 13.1 Å². The molecule has 0 saturated heterocycles. The van der Waals surface area contributed by atoms with E-state index in [-0.39, 0.29) is 5.91 Å². The van der Waals surface area contributed by atoms with Gasteiger partial charge in [0, 0.05) is 13.1 Å². The number of hydrogen-bond donors (Lipinski definition) is 0. The molecule has 0 aromatic heterocycles. The molecule has 0 N–H and O–H groups in total. The molecule has 0 radical (unpaired) electrons. The van der Waals surface area contributed by atoms with E-state index in [1.807, 2.05) is 0 Å². The minimum absolute atomic E-state index is 0.0664. The molecule has 0 saturated carbocycles. The van der Waals surface area contributed by atoms with E-state index in [0.717, 1.165) is 19.3 Å². The summed E-state index contributed by atoms with van der Waals surface area (Å²) in [7, 11) is 0. The van der Waals surface area contributed by atoms with Crippen LogP contribution < -0.4 is 0 Å². The molecule has 3 nitrogen and oxygen atoms in total. The summed E-state index contributed by atoms with van der Waals surface area (Å²) in [5, 5.41) is 8.11. The molecule has 18 heavy (non-hydrogen) atoms. The molecule has 1 unspecified atom stereocenters. The fourth-order valence-electron chi connectivity index (χ4n) is 2.18. The molecule has 0 aromatic carbocycles. The number of alkyl halides is 1. The molecule has 1 atom stereocenters. The molecule has 1 rings (SSSR count). The number of carbonyl (C=O) groups excluding carboxylic acids is 1. The van der Waals surface area contributed by atoms with Gasteiger partial charge in [0.15, 0.2) is 0 Å². The number of halogens is 1. The average molecular weight is 269 g/mol. The van der Waals surface area contributed by atoms with Crippen molar-refractivity contribution in [3.05, 3.63) is 11.6 Å². The van der Waals surface area contributed by atoms with E-state index < -0.39 is 5.38 Å². The van der Waals surface area contributed by atoms with Gasteiger partial charge in [-0.1, -0.05) is 11.6 Å². The highest BCUT2D eigenvalue weighted by Crippen LogP contribution is 2.20. The number of hydrogen-bond acceptors (Lipinski definition) is 2. The first-order chi connectivity index (χ1) is 8.65. The van der Waals surface area contributed by atoms with E-state index in [2.05, 4.69) is 12.1 Å². The molecule has 0 aromatic rings. The molecule has 4 heteroatoms. The molecule has 0 fully saturated rings. The van der Waals surface area contributed by atoms with E-state index in [1.54, 1.807) is 11.8 Å². The maximum absolute atomic E-state index is 11.9. The summed E-state index contributed by atoms with van der Waals surface area (Å²) in [6, 6.07) is 2.08. The van der Waals surface area contributed by atoms with E-state index in [1.165, 1.54) is 18.4 Å². The molecular weight excluding hydrogens is 248 g/mol. The minimum atomic E-state index is -0.510. The molecule has 0 aliphatic heterocycles. The quantitative estimate of drug-likeness (QED) is 0.548. The van der Waals surface area contributed by atoms with Gasteiger partial charge < -0.3 is 4.90 Å². The fraction of sp³-hybridized carbons (Fsp3) is 0.714. The lowest BCUT2D eigenvalue weighted by Crippen LogP contribution is -2.37. The Labute approximate surface area is 114 Å². The van der Waals surface area contributed by atoms with Gasteiger partial charge in [0.1, 0.15) is 5.38 Å². The van der Waals surface area contributed by atoms with Crippen molar-refractivity contribution in [2.24, 2.45) is 0 Å². The zero-order chi connectivity index (χ0) is 13.4. The Kier molecular flexibility index (Phi) is 6.82. The molecular formula is C14H21ClN2O. The third-order valence-electron chi connectivity index (χ3n) is 3.23. The SMILES string of the molecule is CC(Cl)C(=O)N(CCC#N)CCC1=CCCCC1. The molecule has 0 bridgehead atoms. The third-order valence-corrected chi connectivity index (χ3v) is 3.42. The van der Waals surface area contributed by atoms with Crippen LogP contribution >= 0.6 is 11.6 Å². The van der Waals surface area contributed by atoms with Crippen LogP contribution in [-0.2, 0) is 4.79 Å². The van der Waals surface area contributed by atoms with Crippen molar-refractivity contribution in [1.29, 1.82) is 5.26 Å². The van der Waals surface area contributed by atoms with E-state index in [9.17, 15) is 4.79 Å². The van der Waals surface area contributed by atoms with Crippen molar-refractivity contribution in [1.82, 2.24) is 4.90 Å². The molecule has 1 aliphatic carbocycles. The lowest BCUT2D eigenvalue weighted by Gasteiger charge is -2.24. The molecule has 0 heterocycles. The summed E-state index contributed by atoms with van der Waals surface area (Å²) in [6.07, 6.45) is 8.42. The molecule has 1 amide bonds. The Balaban J connectivity index is 2.47. The second-order valence-electron chi connectivity index (χ2n) is 4.71. The first kappa shape index (κ1) is 15.0. The second-order valence-corrected chi connectivity index (χ2v) is 5.36. The lowest BCUT2D eigenvalue weighted by atomic mass is 9.97. The van der Waals surface area contributed by atoms with Gasteiger partial charge in [0.2, 0.25) is 5.91 Å². The van der Waals surface area contributed by atoms with Gasteiger partial charge in [-0.3, -0.25) is 4.79 Å². The van der Waals surface area contributed by atoms with Crippen molar-refractivity contribution >= 4 is 17.5 Å². The molecule has 1 aliphatic rings. The van der Waals surface area contributed by atoms with Gasteiger partial charge in [-0.05, 0) is 39.0 Å².